The molecule has 0 saturated carbocycles. The quantitative estimate of drug-likeness (QED) is 0.657. The van der Waals surface area contributed by atoms with Gasteiger partial charge in [-0.25, -0.2) is 18.2 Å². The first-order valence-corrected chi connectivity index (χ1v) is 6.34. The molecule has 0 bridgehead atoms. The molecule has 0 radical (unpaired) electrons. The lowest BCUT2D eigenvalue weighted by Gasteiger charge is -2.02. The van der Waals surface area contributed by atoms with Gasteiger partial charge in [-0.15, -0.1) is 0 Å². The second-order valence-electron chi connectivity index (χ2n) is 4.22. The molecule has 3 nitrogen and oxygen atoms in total. The maximum absolute atomic E-state index is 13.8. The summed E-state index contributed by atoms with van der Waals surface area (Å²) in [5.41, 5.74) is 6.12. The van der Waals surface area contributed by atoms with E-state index in [9.17, 15) is 13.2 Å². The van der Waals surface area contributed by atoms with Crippen LogP contribution in [0.2, 0.25) is 0 Å². The van der Waals surface area contributed by atoms with E-state index in [-0.39, 0.29) is 21.5 Å². The van der Waals surface area contributed by atoms with Gasteiger partial charge >= 0.3 is 0 Å². The molecule has 102 valence electrons. The topological polar surface area (TPSA) is 54.7 Å². The van der Waals surface area contributed by atoms with E-state index >= 15 is 0 Å². The molecule has 0 fully saturated rings. The Kier molecular flexibility index (Phi) is 2.93. The number of halogens is 4. The highest BCUT2D eigenvalue weighted by atomic mass is 79.9. The summed E-state index contributed by atoms with van der Waals surface area (Å²) in [7, 11) is 0. The molecule has 3 aromatic rings. The van der Waals surface area contributed by atoms with Crippen LogP contribution in [0.4, 0.5) is 18.9 Å². The summed E-state index contributed by atoms with van der Waals surface area (Å²) < 4.78 is 40.6. The fourth-order valence-corrected chi connectivity index (χ4v) is 2.21. The lowest BCUT2D eigenvalue weighted by molar-refractivity contribution is 0.588. The van der Waals surface area contributed by atoms with Crippen LogP contribution < -0.4 is 5.73 Å². The molecule has 3 N–H and O–H groups in total. The van der Waals surface area contributed by atoms with Gasteiger partial charge in [0.15, 0.2) is 0 Å². The molecule has 0 saturated heterocycles. The van der Waals surface area contributed by atoms with Gasteiger partial charge in [-0.3, -0.25) is 0 Å². The summed E-state index contributed by atoms with van der Waals surface area (Å²) in [5.74, 6) is -1.94. The molecule has 1 heterocycles. The number of benzene rings is 2. The van der Waals surface area contributed by atoms with Crippen LogP contribution in [0.5, 0.6) is 0 Å². The zero-order valence-electron chi connectivity index (χ0n) is 9.85. The summed E-state index contributed by atoms with van der Waals surface area (Å²) in [4.78, 5) is 6.92. The van der Waals surface area contributed by atoms with Gasteiger partial charge in [0.1, 0.15) is 23.3 Å². The predicted octanol–water partition coefficient (Wildman–Crippen LogP) is 3.99. The number of nitrogens with zero attached hydrogens (tertiary/aromatic N) is 1. The lowest BCUT2D eigenvalue weighted by Crippen LogP contribution is -1.95. The van der Waals surface area contributed by atoms with Crippen molar-refractivity contribution in [3.63, 3.8) is 0 Å². The molecule has 0 aliphatic carbocycles. The molecule has 3 rings (SSSR count). The van der Waals surface area contributed by atoms with E-state index in [2.05, 4.69) is 25.9 Å². The zero-order valence-corrected chi connectivity index (χ0v) is 11.4. The van der Waals surface area contributed by atoms with Gasteiger partial charge in [0.2, 0.25) is 0 Å². The van der Waals surface area contributed by atoms with Crippen molar-refractivity contribution in [2.45, 2.75) is 0 Å². The maximum atomic E-state index is 13.8. The number of H-pyrrole nitrogens is 1. The van der Waals surface area contributed by atoms with Crippen LogP contribution in [0.3, 0.4) is 0 Å². The van der Waals surface area contributed by atoms with Gasteiger partial charge in [-0.1, -0.05) is 0 Å². The summed E-state index contributed by atoms with van der Waals surface area (Å²) in [6, 6.07) is 4.54. The summed E-state index contributed by atoms with van der Waals surface area (Å²) in [5, 5.41) is 0. The number of fused-ring (bicyclic) bond motifs is 1. The standard InChI is InChI=1S/C13H7BrF3N3/c14-6-2-11-12(4-8(6)16)20-13(19-11)5-1-10(18)9(17)3-7(5)15/h1-4H,18H2,(H,19,20). The molecule has 7 heteroatoms. The number of aromatic amines is 1. The molecule has 0 atom stereocenters. The summed E-state index contributed by atoms with van der Waals surface area (Å²) in [6.45, 7) is 0. The third kappa shape index (κ3) is 2.03. The highest BCUT2D eigenvalue weighted by Gasteiger charge is 2.14. The second kappa shape index (κ2) is 4.52. The average Bonchev–Trinajstić information content (AvgIpc) is 2.77. The van der Waals surface area contributed by atoms with Crippen molar-refractivity contribution < 1.29 is 13.2 Å². The minimum absolute atomic E-state index is 0.0247. The van der Waals surface area contributed by atoms with Crippen LogP contribution in [-0.4, -0.2) is 9.97 Å². The van der Waals surface area contributed by atoms with E-state index in [1.165, 1.54) is 12.1 Å². The molecule has 20 heavy (non-hydrogen) atoms. The lowest BCUT2D eigenvalue weighted by atomic mass is 10.1. The third-order valence-electron chi connectivity index (χ3n) is 2.87. The molecule has 2 aromatic carbocycles. The van der Waals surface area contributed by atoms with Gasteiger partial charge in [-0.05, 0) is 28.1 Å². The molecule has 1 aromatic heterocycles. The van der Waals surface area contributed by atoms with Gasteiger partial charge in [0.25, 0.3) is 0 Å². The number of nitrogens with two attached hydrogens (primary N) is 1. The van der Waals surface area contributed by atoms with E-state index < -0.39 is 17.5 Å². The van der Waals surface area contributed by atoms with Crippen molar-refractivity contribution in [2.24, 2.45) is 0 Å². The number of hydrogen-bond acceptors (Lipinski definition) is 2. The Balaban J connectivity index is 2.22. The Labute approximate surface area is 119 Å². The minimum atomic E-state index is -0.837. The minimum Gasteiger partial charge on any atom is -0.396 e. The number of hydrogen-bond donors (Lipinski definition) is 2. The first-order valence-electron chi connectivity index (χ1n) is 5.55. The monoisotopic (exact) mass is 341 g/mol. The third-order valence-corrected chi connectivity index (χ3v) is 3.47. The number of aromatic nitrogens is 2. The van der Waals surface area contributed by atoms with Crippen LogP contribution in [0.25, 0.3) is 22.4 Å². The summed E-state index contributed by atoms with van der Waals surface area (Å²) >= 11 is 3.04. The SMILES string of the molecule is Nc1cc(-c2nc3cc(Br)c(F)cc3[nH]2)c(F)cc1F. The van der Waals surface area contributed by atoms with Crippen molar-refractivity contribution in [1.82, 2.24) is 9.97 Å². The van der Waals surface area contributed by atoms with Gasteiger partial charge < -0.3 is 10.7 Å². The molecule has 0 amide bonds. The number of rotatable bonds is 1. The van der Waals surface area contributed by atoms with Crippen molar-refractivity contribution in [1.29, 1.82) is 0 Å². The maximum Gasteiger partial charge on any atom is 0.149 e. The summed E-state index contributed by atoms with van der Waals surface area (Å²) in [6.07, 6.45) is 0. The molecule has 0 spiro atoms. The molecule has 0 unspecified atom stereocenters. The Bertz CT molecular complexity index is 790. The van der Waals surface area contributed by atoms with Crippen molar-refractivity contribution in [2.75, 3.05) is 5.73 Å². The number of imidazole rings is 1. The van der Waals surface area contributed by atoms with Crippen LogP contribution in [0.15, 0.2) is 28.7 Å². The van der Waals surface area contributed by atoms with E-state index in [4.69, 9.17) is 5.73 Å². The van der Waals surface area contributed by atoms with E-state index in [1.807, 2.05) is 0 Å². The fraction of sp³-hybridized carbons (Fsp3) is 0. The van der Waals surface area contributed by atoms with Gasteiger partial charge in [-0.2, -0.15) is 0 Å². The Hall–Kier alpha value is -2.02. The molecular weight excluding hydrogens is 335 g/mol. The molecule has 0 aliphatic heterocycles. The highest BCUT2D eigenvalue weighted by molar-refractivity contribution is 9.10. The first-order chi connectivity index (χ1) is 9.45. The average molecular weight is 342 g/mol. The smallest absolute Gasteiger partial charge is 0.149 e. The number of nitrogens with one attached hydrogen (secondary N) is 1. The van der Waals surface area contributed by atoms with E-state index in [0.717, 1.165) is 6.07 Å². The molecule has 0 aliphatic rings. The Morgan fingerprint density at radius 2 is 1.75 bits per heavy atom. The Morgan fingerprint density at radius 1 is 1.00 bits per heavy atom. The van der Waals surface area contributed by atoms with Crippen LogP contribution in [-0.2, 0) is 0 Å². The van der Waals surface area contributed by atoms with Crippen molar-refractivity contribution in [3.05, 3.63) is 46.2 Å². The van der Waals surface area contributed by atoms with Crippen LogP contribution in [0.1, 0.15) is 0 Å². The van der Waals surface area contributed by atoms with Crippen LogP contribution in [0, 0.1) is 17.5 Å². The van der Waals surface area contributed by atoms with E-state index in [1.54, 1.807) is 0 Å². The first kappa shape index (κ1) is 13.0. The number of anilines is 1. The van der Waals surface area contributed by atoms with E-state index in [0.29, 0.717) is 17.1 Å². The normalized spacial score (nSPS) is 11.2. The fourth-order valence-electron chi connectivity index (χ4n) is 1.88. The predicted molar refractivity (Wildman–Crippen MR) is 73.5 cm³/mol. The Morgan fingerprint density at radius 3 is 2.50 bits per heavy atom. The highest BCUT2D eigenvalue weighted by Crippen LogP contribution is 2.28. The van der Waals surface area contributed by atoms with Gasteiger partial charge in [0, 0.05) is 12.1 Å². The second-order valence-corrected chi connectivity index (χ2v) is 5.08. The van der Waals surface area contributed by atoms with Crippen molar-refractivity contribution in [3.8, 4) is 11.4 Å². The number of nitrogen functional groups attached to an aromatic ring is 1. The zero-order chi connectivity index (χ0) is 14.4. The van der Waals surface area contributed by atoms with Gasteiger partial charge in [0.05, 0.1) is 26.8 Å². The largest absolute Gasteiger partial charge is 0.396 e. The van der Waals surface area contributed by atoms with Crippen molar-refractivity contribution >= 4 is 32.7 Å². The molecular formula is C13H7BrF3N3. The van der Waals surface area contributed by atoms with Crippen LogP contribution >= 0.6 is 15.9 Å².